The molecule has 11 rings (SSSR count). The van der Waals surface area contributed by atoms with Gasteiger partial charge in [0.15, 0.2) is 50.3 Å². The fraction of sp³-hybridized carbons (Fsp3) is 0.928. The van der Waals surface area contributed by atoms with Crippen LogP contribution in [-0.2, 0) is 138 Å². The van der Waals surface area contributed by atoms with E-state index in [4.69, 9.17) is 109 Å². The molecule has 11 aliphatic rings. The summed E-state index contributed by atoms with van der Waals surface area (Å²) in [5.41, 5.74) is 0. The van der Waals surface area contributed by atoms with Crippen LogP contribution in [0.3, 0.4) is 0 Å². The van der Waals surface area contributed by atoms with Crippen molar-refractivity contribution in [2.24, 2.45) is 11.8 Å². The highest BCUT2D eigenvalue weighted by Gasteiger charge is 2.65. The van der Waals surface area contributed by atoms with Gasteiger partial charge < -0.3 is 283 Å². The molecule has 11 aliphatic heterocycles. The Balaban J connectivity index is 0.896. The van der Waals surface area contributed by atoms with Gasteiger partial charge in [0.05, 0.1) is 122 Å². The molecule has 11 saturated heterocycles. The van der Waals surface area contributed by atoms with Gasteiger partial charge in [-0.15, -0.1) is 0 Å². The van der Waals surface area contributed by atoms with Gasteiger partial charge in [0.2, 0.25) is 23.6 Å². The highest BCUT2D eigenvalue weighted by molar-refractivity contribution is 5.74. The van der Waals surface area contributed by atoms with Crippen molar-refractivity contribution >= 4 is 36.6 Å². The topological polar surface area (TPSA) is 970 Å². The Morgan fingerprint density at radius 3 is 1.03 bits per heavy atom. The van der Waals surface area contributed by atoms with Gasteiger partial charge in [0, 0.05) is 39.5 Å². The normalized spacial score (nSPS) is 47.5. The second kappa shape index (κ2) is 52.8. The van der Waals surface area contributed by atoms with Gasteiger partial charge in [-0.1, -0.05) is 13.8 Å². The number of amides is 4. The Kier molecular flexibility index (Phi) is 43.8. The molecule has 63 heteroatoms. The standard InChI is InChI=1S/C83H138N4O59/c1-23-30(103)8-82(126-21-97,144-64(23)47(107)32(105)10-88)125-20-42-51(111)58(118)61(121)77(136-42)138-67-38(16-94)134-76(46(56(67)116)87-29(7)102)143-73-60(120)50(110)35(13-91)131-81(73)141-70-53(113)41(135-78(62(70)122)139-68-39(17-95)132-74(44(55(68)115)85-27(5)100)137-66-37(15-93)128-25(3)43(54(66)114)84-26(4)99)19-124-80-72(59(119)49(109)34(12-90)130-80)142-75-45(86-28(6)101)57(117)69(40(18-96)133-75)140-79-63(123)71(52(112)36(14-92)129-79)146-83(127-22-98)9-31(104)24(2)65(145-83)48(108)33(106)11-89/h21-25,30-81,88-96,103-123H,8-20H2,1-7H3,(H,84,99)(H,85,100)(H,86,101)(H,87,102)/t23-,24-,25+,30-,31-,32?,33?,34?,35?,36?,37?,38?,39?,40+,41?,42?,43?,44?,45?,46?,47?,48?,49-,50-,51+,52+,53-,54-,55-,56-,57?,58+,59+,60?,61?,62?,63?,64?,65?,66-,67-,68-,69-,70+,71+,72?,73?,74+,75+,76+,77+,78+,79+,80+,81-,82+,83+/m1/s1. The lowest BCUT2D eigenvalue weighted by Gasteiger charge is -2.51. The Morgan fingerprint density at radius 1 is 0.315 bits per heavy atom. The quantitative estimate of drug-likeness (QED) is 0.0199. The molecule has 11 heterocycles. The van der Waals surface area contributed by atoms with E-state index >= 15 is 0 Å². The summed E-state index contributed by atoms with van der Waals surface area (Å²) in [6, 6.07) is -7.40. The van der Waals surface area contributed by atoms with E-state index < -0.39 is 458 Å². The Morgan fingerprint density at radius 2 is 0.616 bits per heavy atom. The summed E-state index contributed by atoms with van der Waals surface area (Å²) >= 11 is 0. The molecule has 0 aliphatic carbocycles. The van der Waals surface area contributed by atoms with Crippen molar-refractivity contribution in [2.45, 2.75) is 398 Å². The lowest BCUT2D eigenvalue weighted by Crippen LogP contribution is -2.71. The number of nitrogens with one attached hydrogen (secondary N) is 4. The largest absolute Gasteiger partial charge is 0.410 e. The molecule has 0 aromatic carbocycles. The van der Waals surface area contributed by atoms with E-state index in [2.05, 4.69) is 21.3 Å². The van der Waals surface area contributed by atoms with Crippen LogP contribution in [0, 0.1) is 11.8 Å². The average Bonchev–Trinajstić information content (AvgIpc) is 0.749. The van der Waals surface area contributed by atoms with Crippen LogP contribution in [-0.4, -0.2) is 599 Å². The van der Waals surface area contributed by atoms with Crippen LogP contribution in [0.25, 0.3) is 0 Å². The first-order valence-electron chi connectivity index (χ1n) is 46.9. The summed E-state index contributed by atoms with van der Waals surface area (Å²) in [7, 11) is 0. The number of aliphatic hydroxyl groups is 30. The number of hydrogen-bond donors (Lipinski definition) is 34. The van der Waals surface area contributed by atoms with Gasteiger partial charge in [-0.05, 0) is 6.92 Å². The number of carbonyl (C=O) groups excluding carboxylic acids is 6. The summed E-state index contributed by atoms with van der Waals surface area (Å²) in [5, 5.41) is 350. The number of hydrogen-bond acceptors (Lipinski definition) is 59. The Hall–Kier alpha value is -5.22. The molecule has 0 radical (unpaired) electrons. The smallest absolute Gasteiger partial charge is 0.332 e. The van der Waals surface area contributed by atoms with Gasteiger partial charge in [0.25, 0.3) is 12.9 Å². The minimum Gasteiger partial charge on any atom is -0.410 e. The predicted octanol–water partition coefficient (Wildman–Crippen LogP) is -22.3. The average molecular weight is 2140 g/mol. The van der Waals surface area contributed by atoms with Gasteiger partial charge in [-0.3, -0.25) is 28.8 Å². The molecule has 146 heavy (non-hydrogen) atoms. The molecule has 4 amide bonds. The van der Waals surface area contributed by atoms with Crippen molar-refractivity contribution < 1.29 is 291 Å². The molecular weight excluding hydrogens is 2000 g/mol. The van der Waals surface area contributed by atoms with E-state index in [0.29, 0.717) is 0 Å². The molecule has 11 fully saturated rings. The van der Waals surface area contributed by atoms with Gasteiger partial charge in [-0.2, -0.15) is 0 Å². The monoisotopic (exact) mass is 2130 g/mol. The summed E-state index contributed by atoms with van der Waals surface area (Å²) in [6.07, 6.45) is -106. The maximum Gasteiger partial charge on any atom is 0.332 e. The number of carbonyl (C=O) groups is 6. The molecule has 34 N–H and O–H groups in total. The Bertz CT molecular complexity index is 4070. The van der Waals surface area contributed by atoms with E-state index in [1.54, 1.807) is 0 Å². The number of rotatable bonds is 43. The lowest BCUT2D eigenvalue weighted by atomic mass is 9.87. The molecule has 844 valence electrons. The van der Waals surface area contributed by atoms with Crippen LogP contribution in [0.2, 0.25) is 0 Å². The third kappa shape index (κ3) is 26.9. The first kappa shape index (κ1) is 121. The number of ether oxygens (including phenoxy) is 23. The SMILES string of the molecule is CC(=O)NC1C(O)[C@H](O[C@@H]2OC(CO)[C@H](O)[C@H](O[C@]3(OC=O)C[C@@H](O)[C@@H](C)C(C(O)C(O)CO)O3)C2O)[C@H](CO)O[C@H]1OC1[C@@H](OCC2O[C@@H](O[C@@H]3C(CO)O[C@@H](O[C@@H]4C(CO)O[C@@H](C)C(NC(C)=O)[C@H]4O)C(NC(C)=O)[C@H]3O)C(O)[C@@H](O[C@H]3OC(CO)[C@@H](O)C(O)C3O[C@@H]3OC(CO)[C@@H](O[C@@H]4OC(CO[C@]5(OC=O)C[C@@H](O)[C@@H](C)C(C(O)C(O)CO)O5)[C@H](O)[C@H](O)C4O)[C@H](O)C3NC(C)=O)[C@@H]2O)OC(CO)[C@@H](O)[C@@H]1O. The predicted molar refractivity (Wildman–Crippen MR) is 452 cm³/mol. The maximum absolute atomic E-state index is 13.3. The summed E-state index contributed by atoms with van der Waals surface area (Å²) < 4.78 is 137. The third-order valence-corrected chi connectivity index (χ3v) is 27.3. The van der Waals surface area contributed by atoms with E-state index in [-0.39, 0.29) is 12.9 Å². The highest BCUT2D eigenvalue weighted by atomic mass is 16.9. The van der Waals surface area contributed by atoms with E-state index in [0.717, 1.165) is 27.7 Å². The van der Waals surface area contributed by atoms with E-state index in [1.165, 1.54) is 20.8 Å². The lowest BCUT2D eigenvalue weighted by molar-refractivity contribution is -0.448. The molecule has 25 unspecified atom stereocenters. The van der Waals surface area contributed by atoms with Crippen LogP contribution in [0.15, 0.2) is 0 Å². The van der Waals surface area contributed by atoms with Crippen LogP contribution in [0.4, 0.5) is 0 Å². The van der Waals surface area contributed by atoms with Crippen LogP contribution in [0.1, 0.15) is 61.3 Å². The molecule has 0 aromatic rings. The summed E-state index contributed by atoms with van der Waals surface area (Å²) in [5.74, 6) is -11.5. The second-order valence-corrected chi connectivity index (χ2v) is 37.4. The van der Waals surface area contributed by atoms with Crippen molar-refractivity contribution in [3.8, 4) is 0 Å². The highest BCUT2D eigenvalue weighted by Crippen LogP contribution is 2.45. The van der Waals surface area contributed by atoms with Gasteiger partial charge >= 0.3 is 11.9 Å². The zero-order chi connectivity index (χ0) is 108. The molecule has 0 spiro atoms. The van der Waals surface area contributed by atoms with Crippen molar-refractivity contribution in [1.82, 2.24) is 21.3 Å². The first-order chi connectivity index (χ1) is 69.0. The number of aliphatic hydroxyl groups excluding tert-OH is 30. The first-order valence-corrected chi connectivity index (χ1v) is 46.9. The molecule has 57 atom stereocenters. The van der Waals surface area contributed by atoms with Crippen molar-refractivity contribution in [1.29, 1.82) is 0 Å². The molecule has 0 bridgehead atoms. The third-order valence-electron chi connectivity index (χ3n) is 27.3. The zero-order valence-corrected chi connectivity index (χ0v) is 79.4. The van der Waals surface area contributed by atoms with Crippen LogP contribution < -0.4 is 21.3 Å². The molecule has 0 saturated carbocycles. The van der Waals surface area contributed by atoms with Crippen LogP contribution >= 0.6 is 0 Å². The van der Waals surface area contributed by atoms with E-state index in [1.807, 2.05) is 0 Å². The minimum absolute atomic E-state index is 0.207. The fourth-order valence-corrected chi connectivity index (χ4v) is 19.2. The zero-order valence-electron chi connectivity index (χ0n) is 79.4. The van der Waals surface area contributed by atoms with Crippen molar-refractivity contribution in [2.75, 3.05) is 72.7 Å². The van der Waals surface area contributed by atoms with Gasteiger partial charge in [0.1, 0.15) is 238 Å². The molecule has 63 nitrogen and oxygen atoms in total. The second-order valence-electron chi connectivity index (χ2n) is 37.4. The fourth-order valence-electron chi connectivity index (χ4n) is 19.2. The van der Waals surface area contributed by atoms with Crippen LogP contribution in [0.5, 0.6) is 0 Å². The minimum atomic E-state index is -2.91. The molecule has 0 aromatic heterocycles. The Labute approximate surface area is 828 Å². The summed E-state index contributed by atoms with van der Waals surface area (Å²) in [4.78, 5) is 76.3. The van der Waals surface area contributed by atoms with Crippen molar-refractivity contribution in [3.05, 3.63) is 0 Å². The van der Waals surface area contributed by atoms with E-state index in [9.17, 15) is 182 Å². The molecular formula is C83H138N4O59. The van der Waals surface area contributed by atoms with Crippen molar-refractivity contribution in [3.63, 3.8) is 0 Å². The maximum atomic E-state index is 13.3. The summed E-state index contributed by atoms with van der Waals surface area (Å²) in [6.45, 7) is -5.30. The van der Waals surface area contributed by atoms with Gasteiger partial charge in [-0.25, -0.2) is 0 Å².